The molecule has 1 unspecified atom stereocenters. The average Bonchev–Trinajstić information content (AvgIpc) is 2.81. The SMILES string of the molecule is COC(=O)C(O)Cc1cc(Br)c(Oc2cc(/C=C/c3ccccc3)c(O)c(C(C)C)c2)c(Br)c1. The first kappa shape index (κ1) is 26.0. The first-order chi connectivity index (χ1) is 16.2. The summed E-state index contributed by atoms with van der Waals surface area (Å²) in [7, 11) is 1.24. The van der Waals surface area contributed by atoms with E-state index in [1.54, 1.807) is 18.2 Å². The molecule has 34 heavy (non-hydrogen) atoms. The van der Waals surface area contributed by atoms with Gasteiger partial charge in [-0.25, -0.2) is 4.79 Å². The highest BCUT2D eigenvalue weighted by molar-refractivity contribution is 9.11. The Bertz CT molecular complexity index is 1170. The minimum atomic E-state index is -1.25. The van der Waals surface area contributed by atoms with E-state index in [4.69, 9.17) is 4.74 Å². The zero-order valence-electron chi connectivity index (χ0n) is 19.1. The maximum Gasteiger partial charge on any atom is 0.335 e. The lowest BCUT2D eigenvalue weighted by atomic mass is 9.98. The Balaban J connectivity index is 1.93. The van der Waals surface area contributed by atoms with Crippen molar-refractivity contribution < 1.29 is 24.5 Å². The summed E-state index contributed by atoms with van der Waals surface area (Å²) in [5.41, 5.74) is 3.17. The fraction of sp³-hybridized carbons (Fsp3) is 0.222. The van der Waals surface area contributed by atoms with E-state index < -0.39 is 12.1 Å². The van der Waals surface area contributed by atoms with E-state index in [0.717, 1.165) is 16.7 Å². The van der Waals surface area contributed by atoms with E-state index in [2.05, 4.69) is 36.6 Å². The van der Waals surface area contributed by atoms with Crippen LogP contribution in [0.3, 0.4) is 0 Å². The van der Waals surface area contributed by atoms with Gasteiger partial charge in [0.2, 0.25) is 0 Å². The van der Waals surface area contributed by atoms with Gasteiger partial charge in [-0.15, -0.1) is 0 Å². The minimum absolute atomic E-state index is 0.0847. The van der Waals surface area contributed by atoms with Crippen molar-refractivity contribution in [2.24, 2.45) is 0 Å². The summed E-state index contributed by atoms with van der Waals surface area (Å²) in [5, 5.41) is 20.8. The van der Waals surface area contributed by atoms with Crippen LogP contribution in [-0.2, 0) is 16.0 Å². The number of benzene rings is 3. The smallest absolute Gasteiger partial charge is 0.335 e. The van der Waals surface area contributed by atoms with Crippen LogP contribution in [0, 0.1) is 0 Å². The molecule has 0 aliphatic heterocycles. The number of phenolic OH excluding ortho intramolecular Hbond substituents is 1. The lowest BCUT2D eigenvalue weighted by Crippen LogP contribution is -2.24. The molecule has 3 aromatic carbocycles. The number of ether oxygens (including phenoxy) is 2. The number of methoxy groups -OCH3 is 1. The van der Waals surface area contributed by atoms with Crippen molar-refractivity contribution in [2.75, 3.05) is 7.11 Å². The number of carbonyl (C=O) groups excluding carboxylic acids is 1. The molecule has 0 aromatic heterocycles. The quantitative estimate of drug-likeness (QED) is 0.217. The predicted octanol–water partition coefficient (Wildman–Crippen LogP) is 7.08. The molecule has 0 fully saturated rings. The van der Waals surface area contributed by atoms with Crippen molar-refractivity contribution in [3.8, 4) is 17.2 Å². The maximum absolute atomic E-state index is 11.5. The van der Waals surface area contributed by atoms with Crippen molar-refractivity contribution in [3.63, 3.8) is 0 Å². The lowest BCUT2D eigenvalue weighted by molar-refractivity contribution is -0.150. The van der Waals surface area contributed by atoms with Gasteiger partial charge in [-0.1, -0.05) is 56.3 Å². The second-order valence-electron chi connectivity index (χ2n) is 8.08. The van der Waals surface area contributed by atoms with Crippen molar-refractivity contribution in [1.82, 2.24) is 0 Å². The van der Waals surface area contributed by atoms with E-state index >= 15 is 0 Å². The van der Waals surface area contributed by atoms with Crippen molar-refractivity contribution >= 4 is 50.0 Å². The lowest BCUT2D eigenvalue weighted by Gasteiger charge is -2.17. The Hall–Kier alpha value is -2.61. The number of phenols is 1. The Morgan fingerprint density at radius 2 is 1.68 bits per heavy atom. The van der Waals surface area contributed by atoms with Crippen molar-refractivity contribution in [1.29, 1.82) is 0 Å². The zero-order valence-corrected chi connectivity index (χ0v) is 22.3. The molecule has 5 nitrogen and oxygen atoms in total. The van der Waals surface area contributed by atoms with Crippen molar-refractivity contribution in [3.05, 3.63) is 85.8 Å². The molecule has 0 spiro atoms. The molecule has 0 saturated carbocycles. The number of carbonyl (C=O) groups is 1. The summed E-state index contributed by atoms with van der Waals surface area (Å²) in [5.74, 6) is 0.725. The number of rotatable bonds is 8. The van der Waals surface area contributed by atoms with Crippen LogP contribution in [0.25, 0.3) is 12.2 Å². The van der Waals surface area contributed by atoms with Gasteiger partial charge in [0.25, 0.3) is 0 Å². The molecule has 3 rings (SSSR count). The highest BCUT2D eigenvalue weighted by Gasteiger charge is 2.19. The van der Waals surface area contributed by atoms with Gasteiger partial charge in [0.1, 0.15) is 11.5 Å². The first-order valence-electron chi connectivity index (χ1n) is 10.7. The van der Waals surface area contributed by atoms with Gasteiger partial charge < -0.3 is 19.7 Å². The molecule has 0 aliphatic rings. The second kappa shape index (κ2) is 11.7. The number of hydrogen-bond acceptors (Lipinski definition) is 5. The zero-order chi connectivity index (χ0) is 24.8. The van der Waals surface area contributed by atoms with Crippen molar-refractivity contribution in [2.45, 2.75) is 32.3 Å². The van der Waals surface area contributed by atoms with Gasteiger partial charge in [-0.05, 0) is 73.2 Å². The molecule has 0 bridgehead atoms. The van der Waals surface area contributed by atoms with Crippen LogP contribution >= 0.6 is 31.9 Å². The average molecular weight is 590 g/mol. The van der Waals surface area contributed by atoms with Crippen LogP contribution in [0.5, 0.6) is 17.2 Å². The summed E-state index contributed by atoms with van der Waals surface area (Å²) < 4.78 is 12.1. The molecule has 0 amide bonds. The van der Waals surface area contributed by atoms with E-state index in [9.17, 15) is 15.0 Å². The molecule has 1 atom stereocenters. The number of esters is 1. The third-order valence-electron chi connectivity index (χ3n) is 5.20. The molecular formula is C27H26Br2O5. The molecule has 2 N–H and O–H groups in total. The van der Waals surface area contributed by atoms with Gasteiger partial charge in [0, 0.05) is 17.5 Å². The normalized spacial score (nSPS) is 12.2. The van der Waals surface area contributed by atoms with Crippen LogP contribution in [0.2, 0.25) is 0 Å². The summed E-state index contributed by atoms with van der Waals surface area (Å²) in [6.07, 6.45) is 2.66. The number of aromatic hydroxyl groups is 1. The molecule has 0 heterocycles. The molecule has 7 heteroatoms. The Morgan fingerprint density at radius 3 is 2.26 bits per heavy atom. The van der Waals surface area contributed by atoms with Gasteiger partial charge in [-0.2, -0.15) is 0 Å². The molecule has 0 aliphatic carbocycles. The van der Waals surface area contributed by atoms with E-state index in [1.165, 1.54) is 7.11 Å². The summed E-state index contributed by atoms with van der Waals surface area (Å²) in [6, 6.07) is 17.0. The third-order valence-corrected chi connectivity index (χ3v) is 6.38. The van der Waals surface area contributed by atoms with Crippen LogP contribution in [-0.4, -0.2) is 29.4 Å². The van der Waals surface area contributed by atoms with Crippen LogP contribution in [0.15, 0.2) is 63.5 Å². The molecule has 3 aromatic rings. The van der Waals surface area contributed by atoms with Crippen LogP contribution in [0.1, 0.15) is 42.0 Å². The summed E-state index contributed by atoms with van der Waals surface area (Å²) in [4.78, 5) is 11.5. The van der Waals surface area contributed by atoms with Gasteiger partial charge in [0.15, 0.2) is 11.9 Å². The Labute approximate surface area is 216 Å². The van der Waals surface area contributed by atoms with E-state index in [0.29, 0.717) is 26.0 Å². The standard InChI is InChI=1S/C27H26Br2O5/c1-16(2)21-15-20(14-19(25(21)31)10-9-17-7-5-4-6-8-17)34-26-22(28)11-18(12-23(26)29)13-24(30)27(32)33-3/h4-12,14-16,24,30-31H,13H2,1-3H3/b10-9+. The monoisotopic (exact) mass is 588 g/mol. The number of aliphatic hydroxyl groups is 1. The minimum Gasteiger partial charge on any atom is -0.507 e. The number of hydrogen-bond donors (Lipinski definition) is 2. The highest BCUT2D eigenvalue weighted by Crippen LogP contribution is 2.41. The van der Waals surface area contributed by atoms with Gasteiger partial charge in [-0.3, -0.25) is 0 Å². The fourth-order valence-electron chi connectivity index (χ4n) is 3.42. The largest absolute Gasteiger partial charge is 0.507 e. The predicted molar refractivity (Wildman–Crippen MR) is 141 cm³/mol. The number of aliphatic hydroxyl groups excluding tert-OH is 1. The Kier molecular flexibility index (Phi) is 8.94. The van der Waals surface area contributed by atoms with Gasteiger partial charge >= 0.3 is 5.97 Å². The maximum atomic E-state index is 11.5. The van der Waals surface area contributed by atoms with Crippen LogP contribution in [0.4, 0.5) is 0 Å². The molecule has 178 valence electrons. The summed E-state index contributed by atoms with van der Waals surface area (Å²) >= 11 is 7.05. The topological polar surface area (TPSA) is 76.0 Å². The van der Waals surface area contributed by atoms with E-state index in [-0.39, 0.29) is 18.1 Å². The van der Waals surface area contributed by atoms with Gasteiger partial charge in [0.05, 0.1) is 16.1 Å². The summed E-state index contributed by atoms with van der Waals surface area (Å²) in [6.45, 7) is 4.02. The first-order valence-corrected chi connectivity index (χ1v) is 12.3. The molecule has 0 radical (unpaired) electrons. The Morgan fingerprint density at radius 1 is 1.03 bits per heavy atom. The number of halogens is 2. The molecular weight excluding hydrogens is 564 g/mol. The second-order valence-corrected chi connectivity index (χ2v) is 9.79. The fourth-order valence-corrected chi connectivity index (χ4v) is 4.86. The molecule has 0 saturated heterocycles. The van der Waals surface area contributed by atoms with Crippen LogP contribution < -0.4 is 4.74 Å². The third kappa shape index (κ3) is 6.50. The highest BCUT2D eigenvalue weighted by atomic mass is 79.9. The van der Waals surface area contributed by atoms with E-state index in [1.807, 2.05) is 62.4 Å².